The molecule has 6 rings (SSSR count). The lowest BCUT2D eigenvalue weighted by molar-refractivity contribution is -0.136. The molecule has 0 bridgehead atoms. The number of hydrogen-bond acceptors (Lipinski definition) is 4. The predicted octanol–water partition coefficient (Wildman–Crippen LogP) is 4.79. The molecule has 1 spiro atoms. The fourth-order valence-electron chi connectivity index (χ4n) is 8.36. The molecule has 1 heterocycles. The van der Waals surface area contributed by atoms with Crippen molar-refractivity contribution in [2.45, 2.75) is 76.6 Å². The number of fused-ring (bicyclic) bond motifs is 4. The zero-order valence-electron chi connectivity index (χ0n) is 18.9. The fraction of sp³-hybridized carbons (Fsp3) is 0.667. The number of rotatable bonds is 2. The fourth-order valence-corrected chi connectivity index (χ4v) is 8.36. The molecule has 4 heteroatoms. The van der Waals surface area contributed by atoms with Gasteiger partial charge in [-0.3, -0.25) is 4.79 Å². The summed E-state index contributed by atoms with van der Waals surface area (Å²) in [6.07, 6.45) is 8.98. The molecule has 1 aromatic carbocycles. The van der Waals surface area contributed by atoms with Gasteiger partial charge in [-0.05, 0) is 85.6 Å². The third-order valence-electron chi connectivity index (χ3n) is 10.2. The first-order chi connectivity index (χ1) is 14.8. The van der Waals surface area contributed by atoms with Crippen LogP contribution in [-0.2, 0) is 9.53 Å². The maximum absolute atomic E-state index is 13.6. The van der Waals surface area contributed by atoms with Crippen molar-refractivity contribution in [2.75, 3.05) is 7.11 Å². The van der Waals surface area contributed by atoms with Crippen LogP contribution in [0.4, 0.5) is 0 Å². The zero-order chi connectivity index (χ0) is 21.6. The first-order valence-electron chi connectivity index (χ1n) is 12.1. The van der Waals surface area contributed by atoms with Crippen molar-refractivity contribution in [3.8, 4) is 5.75 Å². The third kappa shape index (κ3) is 2.58. The minimum absolute atomic E-state index is 0.0933. The molecule has 166 valence electrons. The van der Waals surface area contributed by atoms with Gasteiger partial charge in [-0.2, -0.15) is 0 Å². The zero-order valence-corrected chi connectivity index (χ0v) is 18.9. The van der Waals surface area contributed by atoms with Gasteiger partial charge in [-0.1, -0.05) is 26.0 Å². The predicted molar refractivity (Wildman–Crippen MR) is 119 cm³/mol. The van der Waals surface area contributed by atoms with Crippen LogP contribution in [0.3, 0.4) is 0 Å². The highest BCUT2D eigenvalue weighted by atomic mass is 16.6. The normalized spacial score (nSPS) is 49.1. The van der Waals surface area contributed by atoms with Crippen molar-refractivity contribution in [2.24, 2.45) is 28.6 Å². The lowest BCUT2D eigenvalue weighted by atomic mass is 9.45. The molecule has 0 amide bonds. The molecule has 0 aromatic heterocycles. The van der Waals surface area contributed by atoms with Gasteiger partial charge in [0.05, 0.1) is 19.3 Å². The van der Waals surface area contributed by atoms with Gasteiger partial charge in [0.1, 0.15) is 11.4 Å². The first kappa shape index (κ1) is 20.0. The van der Waals surface area contributed by atoms with Gasteiger partial charge in [0, 0.05) is 17.3 Å². The Labute approximate surface area is 185 Å². The molecule has 4 aliphatic carbocycles. The van der Waals surface area contributed by atoms with Crippen molar-refractivity contribution in [1.82, 2.24) is 0 Å². The molecule has 0 radical (unpaired) electrons. The Morgan fingerprint density at radius 1 is 1.13 bits per heavy atom. The van der Waals surface area contributed by atoms with Gasteiger partial charge >= 0.3 is 0 Å². The molecule has 1 aliphatic heterocycles. The summed E-state index contributed by atoms with van der Waals surface area (Å²) in [6.45, 7) is 4.66. The Morgan fingerprint density at radius 2 is 1.90 bits per heavy atom. The average Bonchev–Trinajstić information content (AvgIpc) is 3.40. The Kier molecular flexibility index (Phi) is 4.16. The van der Waals surface area contributed by atoms with Gasteiger partial charge in [0.2, 0.25) is 0 Å². The van der Waals surface area contributed by atoms with E-state index in [1.54, 1.807) is 7.11 Å². The van der Waals surface area contributed by atoms with Crippen LogP contribution in [0.1, 0.15) is 64.4 Å². The number of aliphatic hydroxyl groups is 1. The molecule has 8 atom stereocenters. The molecular formula is C27H34O4. The summed E-state index contributed by atoms with van der Waals surface area (Å²) in [4.78, 5) is 13.6. The number of methoxy groups -OCH3 is 1. The number of allylic oxidation sites excluding steroid dienone is 1. The number of benzene rings is 1. The van der Waals surface area contributed by atoms with E-state index in [0.29, 0.717) is 23.5 Å². The minimum atomic E-state index is -0.237. The summed E-state index contributed by atoms with van der Waals surface area (Å²) < 4.78 is 11.7. The highest BCUT2D eigenvalue weighted by Crippen LogP contribution is 2.73. The molecule has 1 saturated heterocycles. The number of carbonyl (C=O) groups is 1. The lowest BCUT2D eigenvalue weighted by Gasteiger charge is -2.58. The highest BCUT2D eigenvalue weighted by Gasteiger charge is 2.76. The molecule has 0 unspecified atom stereocenters. The highest BCUT2D eigenvalue weighted by molar-refractivity contribution is 6.05. The number of ether oxygens (including phenoxy) is 2. The second kappa shape index (κ2) is 6.45. The maximum Gasteiger partial charge on any atom is 0.165 e. The van der Waals surface area contributed by atoms with E-state index in [2.05, 4.69) is 19.9 Å². The van der Waals surface area contributed by atoms with Crippen molar-refractivity contribution >= 4 is 11.9 Å². The van der Waals surface area contributed by atoms with E-state index in [1.807, 2.05) is 24.3 Å². The van der Waals surface area contributed by atoms with Crippen molar-refractivity contribution in [1.29, 1.82) is 0 Å². The summed E-state index contributed by atoms with van der Waals surface area (Å²) in [7, 11) is 1.67. The van der Waals surface area contributed by atoms with Gasteiger partial charge in [0.15, 0.2) is 5.78 Å². The van der Waals surface area contributed by atoms with Crippen LogP contribution in [0.2, 0.25) is 0 Å². The molecule has 1 aromatic rings. The summed E-state index contributed by atoms with van der Waals surface area (Å²) in [5.41, 5.74) is 1.88. The van der Waals surface area contributed by atoms with E-state index >= 15 is 0 Å². The number of ketones is 1. The molecule has 1 N–H and O–H groups in total. The van der Waals surface area contributed by atoms with Crippen molar-refractivity contribution in [3.63, 3.8) is 0 Å². The van der Waals surface area contributed by atoms with Gasteiger partial charge in [0.25, 0.3) is 0 Å². The van der Waals surface area contributed by atoms with Crippen LogP contribution in [0.15, 0.2) is 29.8 Å². The second-order valence-corrected chi connectivity index (χ2v) is 11.4. The maximum atomic E-state index is 13.6. The number of aliphatic hydroxyl groups excluding tert-OH is 1. The van der Waals surface area contributed by atoms with E-state index in [0.717, 1.165) is 61.8 Å². The van der Waals surface area contributed by atoms with Crippen molar-refractivity contribution in [3.05, 3.63) is 35.4 Å². The van der Waals surface area contributed by atoms with Crippen LogP contribution in [-0.4, -0.2) is 35.8 Å². The monoisotopic (exact) mass is 422 g/mol. The minimum Gasteiger partial charge on any atom is -0.497 e. The van der Waals surface area contributed by atoms with E-state index in [9.17, 15) is 9.90 Å². The average molecular weight is 423 g/mol. The van der Waals surface area contributed by atoms with Gasteiger partial charge in [-0.25, -0.2) is 0 Å². The smallest absolute Gasteiger partial charge is 0.165 e. The van der Waals surface area contributed by atoms with Crippen LogP contribution < -0.4 is 4.74 Å². The Bertz CT molecular complexity index is 950. The van der Waals surface area contributed by atoms with Crippen LogP contribution in [0.5, 0.6) is 5.75 Å². The van der Waals surface area contributed by atoms with E-state index in [-0.39, 0.29) is 28.6 Å². The topological polar surface area (TPSA) is 59.1 Å². The molecule has 5 aliphatic rings. The largest absolute Gasteiger partial charge is 0.497 e. The number of hydrogen-bond donors (Lipinski definition) is 1. The van der Waals surface area contributed by atoms with Crippen LogP contribution in [0, 0.1) is 28.6 Å². The lowest BCUT2D eigenvalue weighted by Crippen LogP contribution is -2.58. The Hall–Kier alpha value is -1.65. The molecule has 5 fully saturated rings. The van der Waals surface area contributed by atoms with Crippen molar-refractivity contribution < 1.29 is 19.4 Å². The second-order valence-electron chi connectivity index (χ2n) is 11.4. The van der Waals surface area contributed by atoms with E-state index < -0.39 is 0 Å². The SMILES string of the molecule is COc1ccc(/C=C2/C[C@H]3[C@@H]4C[C@@H]5O[C@@]56C[C@@H](O)CC[C@]6(C)[C@H]4CC[C@]3(C)C2=O)cc1. The molecule has 4 saturated carbocycles. The summed E-state index contributed by atoms with van der Waals surface area (Å²) in [5.74, 6) is 2.76. The van der Waals surface area contributed by atoms with E-state index in [4.69, 9.17) is 9.47 Å². The molecular weight excluding hydrogens is 388 g/mol. The Morgan fingerprint density at radius 3 is 2.65 bits per heavy atom. The first-order valence-corrected chi connectivity index (χ1v) is 12.1. The van der Waals surface area contributed by atoms with Crippen LogP contribution >= 0.6 is 0 Å². The van der Waals surface area contributed by atoms with Gasteiger partial charge < -0.3 is 14.6 Å². The number of Topliss-reactive ketones (excluding diaryl/α,β-unsaturated/α-hetero) is 1. The number of carbonyl (C=O) groups excluding carboxylic acids is 1. The van der Waals surface area contributed by atoms with Gasteiger partial charge in [-0.15, -0.1) is 0 Å². The van der Waals surface area contributed by atoms with E-state index in [1.165, 1.54) is 0 Å². The Balaban J connectivity index is 1.31. The molecule has 31 heavy (non-hydrogen) atoms. The summed E-state index contributed by atoms with van der Waals surface area (Å²) in [5, 5.41) is 10.3. The molecule has 4 nitrogen and oxygen atoms in total. The van der Waals surface area contributed by atoms with Crippen LogP contribution in [0.25, 0.3) is 6.08 Å². The number of epoxide rings is 1. The quantitative estimate of drug-likeness (QED) is 0.550. The summed E-state index contributed by atoms with van der Waals surface area (Å²) in [6, 6.07) is 7.99. The standard InChI is InChI=1S/C27H34O4/c1-25-10-9-21-20(14-23-27(31-23)15-18(28)8-11-26(21,27)2)22(25)13-17(24(25)29)12-16-4-6-19(30-3)7-5-16/h4-7,12,18,20-23,28H,8-11,13-15H2,1-3H3/b17-12-/t18-,20+,21-,22-,23-,25-,26+,27-/m0/s1. The summed E-state index contributed by atoms with van der Waals surface area (Å²) >= 11 is 0. The third-order valence-corrected chi connectivity index (χ3v) is 10.2.